The van der Waals surface area contributed by atoms with Gasteiger partial charge in [-0.2, -0.15) is 0 Å². The SMILES string of the molecule is Cn1cncc1COc1cc(F)cc(Oc2ccc(C(=N)c3c(N)ncnc3NC3CCCCC3)cc2)c1. The molecule has 0 unspecified atom stereocenters. The molecule has 1 aliphatic rings. The van der Waals surface area contributed by atoms with Gasteiger partial charge in [0.1, 0.15) is 47.6 Å². The monoisotopic (exact) mass is 515 g/mol. The van der Waals surface area contributed by atoms with E-state index >= 15 is 0 Å². The maximum absolute atomic E-state index is 14.2. The Morgan fingerprint density at radius 1 is 1.08 bits per heavy atom. The molecule has 196 valence electrons. The number of hydrogen-bond acceptors (Lipinski definition) is 8. The van der Waals surface area contributed by atoms with Crippen LogP contribution in [0.2, 0.25) is 0 Å². The summed E-state index contributed by atoms with van der Waals surface area (Å²) in [5.74, 6) is 1.49. The van der Waals surface area contributed by atoms with Gasteiger partial charge in [0.15, 0.2) is 0 Å². The number of halogens is 1. The summed E-state index contributed by atoms with van der Waals surface area (Å²) < 4.78 is 27.7. The van der Waals surface area contributed by atoms with E-state index < -0.39 is 5.82 Å². The Labute approximate surface area is 220 Å². The van der Waals surface area contributed by atoms with Crippen LogP contribution in [0.3, 0.4) is 0 Å². The van der Waals surface area contributed by atoms with E-state index in [1.807, 2.05) is 11.6 Å². The third-order valence-electron chi connectivity index (χ3n) is 6.60. The van der Waals surface area contributed by atoms with Crippen molar-refractivity contribution in [1.82, 2.24) is 19.5 Å². The van der Waals surface area contributed by atoms with Crippen LogP contribution in [0.25, 0.3) is 0 Å². The molecule has 0 spiro atoms. The van der Waals surface area contributed by atoms with Crippen LogP contribution in [0.1, 0.15) is 48.9 Å². The zero-order valence-corrected chi connectivity index (χ0v) is 21.2. The molecule has 0 atom stereocenters. The maximum atomic E-state index is 14.2. The first-order chi connectivity index (χ1) is 18.5. The molecule has 2 aromatic heterocycles. The molecule has 0 radical (unpaired) electrons. The molecule has 0 amide bonds. The maximum Gasteiger partial charge on any atom is 0.141 e. The van der Waals surface area contributed by atoms with Gasteiger partial charge in [0.25, 0.3) is 0 Å². The van der Waals surface area contributed by atoms with Gasteiger partial charge in [-0.25, -0.2) is 19.3 Å². The Bertz CT molecular complexity index is 1420. The number of benzene rings is 2. The number of rotatable bonds is 9. The van der Waals surface area contributed by atoms with E-state index in [1.165, 1.54) is 37.7 Å². The molecule has 5 rings (SSSR count). The highest BCUT2D eigenvalue weighted by Gasteiger charge is 2.20. The quantitative estimate of drug-likeness (QED) is 0.253. The van der Waals surface area contributed by atoms with Gasteiger partial charge in [0.2, 0.25) is 0 Å². The van der Waals surface area contributed by atoms with Crippen LogP contribution in [0.4, 0.5) is 16.0 Å². The molecule has 2 heterocycles. The van der Waals surface area contributed by atoms with Gasteiger partial charge >= 0.3 is 0 Å². The number of nitrogen functional groups attached to an aromatic ring is 1. The van der Waals surface area contributed by atoms with Crippen LogP contribution in [0.5, 0.6) is 17.2 Å². The van der Waals surface area contributed by atoms with Crippen LogP contribution in [0.15, 0.2) is 61.3 Å². The van der Waals surface area contributed by atoms with Crippen LogP contribution >= 0.6 is 0 Å². The lowest BCUT2D eigenvalue weighted by molar-refractivity contribution is 0.294. The van der Waals surface area contributed by atoms with E-state index in [2.05, 4.69) is 20.3 Å². The minimum atomic E-state index is -0.474. The van der Waals surface area contributed by atoms with Gasteiger partial charge < -0.3 is 25.1 Å². The number of nitrogens with one attached hydrogen (secondary N) is 2. The Hall–Kier alpha value is -4.47. The van der Waals surface area contributed by atoms with Crippen molar-refractivity contribution in [3.63, 3.8) is 0 Å². The fourth-order valence-corrected chi connectivity index (χ4v) is 4.53. The minimum Gasteiger partial charge on any atom is -0.487 e. The fourth-order valence-electron chi connectivity index (χ4n) is 4.53. The average molecular weight is 516 g/mol. The van der Waals surface area contributed by atoms with E-state index in [-0.39, 0.29) is 18.1 Å². The fraction of sp³-hybridized carbons (Fsp3) is 0.286. The number of hydrogen-bond donors (Lipinski definition) is 3. The van der Waals surface area contributed by atoms with E-state index in [0.29, 0.717) is 40.2 Å². The van der Waals surface area contributed by atoms with Gasteiger partial charge in [0, 0.05) is 36.9 Å². The molecule has 9 nitrogen and oxygen atoms in total. The number of ether oxygens (including phenoxy) is 2. The van der Waals surface area contributed by atoms with Gasteiger partial charge in [-0.1, -0.05) is 19.3 Å². The lowest BCUT2D eigenvalue weighted by atomic mass is 9.95. The van der Waals surface area contributed by atoms with Crippen LogP contribution in [-0.2, 0) is 13.7 Å². The number of nitrogens with zero attached hydrogens (tertiary/aromatic N) is 4. The summed E-state index contributed by atoms with van der Waals surface area (Å²) in [5.41, 5.74) is 8.36. The highest BCUT2D eigenvalue weighted by atomic mass is 19.1. The Morgan fingerprint density at radius 2 is 1.84 bits per heavy atom. The number of nitrogens with two attached hydrogens (primary N) is 1. The number of anilines is 2. The molecular formula is C28H30FN7O2. The molecule has 4 N–H and O–H groups in total. The number of aryl methyl sites for hydroxylation is 1. The summed E-state index contributed by atoms with van der Waals surface area (Å²) in [6.45, 7) is 0.250. The molecular weight excluding hydrogens is 485 g/mol. The molecule has 10 heteroatoms. The highest BCUT2D eigenvalue weighted by Crippen LogP contribution is 2.30. The summed E-state index contributed by atoms with van der Waals surface area (Å²) in [7, 11) is 1.86. The first-order valence-electron chi connectivity index (χ1n) is 12.6. The zero-order chi connectivity index (χ0) is 26.5. The summed E-state index contributed by atoms with van der Waals surface area (Å²) in [4.78, 5) is 12.6. The molecule has 2 aromatic carbocycles. The molecule has 0 saturated heterocycles. The normalized spacial score (nSPS) is 13.7. The van der Waals surface area contributed by atoms with E-state index in [1.54, 1.807) is 42.9 Å². The topological polar surface area (TPSA) is 124 Å². The Balaban J connectivity index is 1.29. The van der Waals surface area contributed by atoms with Crippen molar-refractivity contribution in [1.29, 1.82) is 5.41 Å². The van der Waals surface area contributed by atoms with Crippen LogP contribution < -0.4 is 20.5 Å². The molecule has 1 aliphatic carbocycles. The summed E-state index contributed by atoms with van der Waals surface area (Å²) in [6.07, 6.45) is 10.5. The second-order valence-electron chi connectivity index (χ2n) is 9.37. The average Bonchev–Trinajstić information content (AvgIpc) is 3.32. The second-order valence-corrected chi connectivity index (χ2v) is 9.37. The van der Waals surface area contributed by atoms with Crippen LogP contribution in [-0.4, -0.2) is 31.3 Å². The summed E-state index contributed by atoms with van der Waals surface area (Å²) in [5, 5.41) is 12.3. The standard InChI is InChI=1S/C28H30FN7O2/c1-36-17-32-14-21(36)15-37-23-11-19(29)12-24(13-23)38-22-9-7-18(8-10-22)26(30)25-27(31)33-16-34-28(25)35-20-5-3-2-4-6-20/h7-14,16-17,20,30H,2-6,15H2,1H3,(H3,31,33,34,35). The van der Waals surface area contributed by atoms with Gasteiger partial charge in [0.05, 0.1) is 29.5 Å². The predicted molar refractivity (Wildman–Crippen MR) is 143 cm³/mol. The molecule has 1 fully saturated rings. The van der Waals surface area contributed by atoms with Crippen LogP contribution in [0, 0.1) is 11.2 Å². The summed E-state index contributed by atoms with van der Waals surface area (Å²) >= 11 is 0. The van der Waals surface area contributed by atoms with Gasteiger partial charge in [-0.3, -0.25) is 5.41 Å². The molecule has 1 saturated carbocycles. The van der Waals surface area contributed by atoms with Crippen molar-refractivity contribution in [2.75, 3.05) is 11.1 Å². The zero-order valence-electron chi connectivity index (χ0n) is 21.2. The molecule has 4 aromatic rings. The van der Waals surface area contributed by atoms with Crippen molar-refractivity contribution < 1.29 is 13.9 Å². The minimum absolute atomic E-state index is 0.213. The van der Waals surface area contributed by atoms with Crippen molar-refractivity contribution in [2.24, 2.45) is 7.05 Å². The van der Waals surface area contributed by atoms with E-state index in [9.17, 15) is 4.39 Å². The third-order valence-corrected chi connectivity index (χ3v) is 6.60. The smallest absolute Gasteiger partial charge is 0.141 e. The van der Waals surface area contributed by atoms with Gasteiger partial charge in [-0.15, -0.1) is 0 Å². The van der Waals surface area contributed by atoms with E-state index in [0.717, 1.165) is 18.5 Å². The Kier molecular flexibility index (Phi) is 7.48. The predicted octanol–water partition coefficient (Wildman–Crippen LogP) is 5.46. The molecule has 0 bridgehead atoms. The lowest BCUT2D eigenvalue weighted by Gasteiger charge is -2.24. The highest BCUT2D eigenvalue weighted by molar-refractivity contribution is 6.16. The van der Waals surface area contributed by atoms with Gasteiger partial charge in [-0.05, 0) is 37.1 Å². The Morgan fingerprint density at radius 3 is 2.58 bits per heavy atom. The first kappa shape index (κ1) is 25.2. The second kappa shape index (κ2) is 11.3. The molecule has 38 heavy (non-hydrogen) atoms. The molecule has 0 aliphatic heterocycles. The lowest BCUT2D eigenvalue weighted by Crippen LogP contribution is -2.25. The number of aromatic nitrogens is 4. The van der Waals surface area contributed by atoms with Crippen molar-refractivity contribution in [2.45, 2.75) is 44.8 Å². The van der Waals surface area contributed by atoms with Crippen molar-refractivity contribution in [3.8, 4) is 17.2 Å². The first-order valence-corrected chi connectivity index (χ1v) is 12.6. The largest absolute Gasteiger partial charge is 0.487 e. The summed E-state index contributed by atoms with van der Waals surface area (Å²) in [6, 6.07) is 11.5. The van der Waals surface area contributed by atoms with Crippen molar-refractivity contribution in [3.05, 3.63) is 84.0 Å². The third kappa shape index (κ3) is 5.91. The number of imidazole rings is 1. The van der Waals surface area contributed by atoms with Crippen molar-refractivity contribution >= 4 is 17.3 Å². The van der Waals surface area contributed by atoms with E-state index in [4.69, 9.17) is 20.6 Å².